The molecule has 0 unspecified atom stereocenters. The van der Waals surface area contributed by atoms with Crippen molar-refractivity contribution in [1.82, 2.24) is 20.2 Å². The number of aliphatic imine (C=N–C) groups is 1. The number of aryl methyl sites for hydroxylation is 1. The Morgan fingerprint density at radius 3 is 2.57 bits per heavy atom. The Balaban J connectivity index is 1.41. The van der Waals surface area contributed by atoms with Crippen LogP contribution in [0.1, 0.15) is 25.6 Å². The highest BCUT2D eigenvalue weighted by Gasteiger charge is 2.43. The largest absolute Gasteiger partial charge is 0.357 e. The topological polar surface area (TPSA) is 54.2 Å². The summed E-state index contributed by atoms with van der Waals surface area (Å²) < 4.78 is 2.41. The molecule has 0 aliphatic heterocycles. The summed E-state index contributed by atoms with van der Waals surface area (Å²) in [5.74, 6) is 1.83. The van der Waals surface area contributed by atoms with Crippen LogP contribution in [0.5, 0.6) is 0 Å². The molecule has 28 heavy (non-hydrogen) atoms. The molecule has 0 atom stereocenters. The summed E-state index contributed by atoms with van der Waals surface area (Å²) >= 11 is 1.98. The van der Waals surface area contributed by atoms with Crippen molar-refractivity contribution in [3.05, 3.63) is 60.4 Å². The van der Waals surface area contributed by atoms with Crippen LogP contribution in [0, 0.1) is 0 Å². The van der Waals surface area contributed by atoms with E-state index in [1.807, 2.05) is 30.0 Å². The van der Waals surface area contributed by atoms with Crippen molar-refractivity contribution >= 4 is 28.8 Å². The number of nitrogens with zero attached hydrogens (tertiary/aromatic N) is 3. The number of hydrogen-bond donors (Lipinski definition) is 2. The van der Waals surface area contributed by atoms with Gasteiger partial charge in [0.2, 0.25) is 0 Å². The van der Waals surface area contributed by atoms with E-state index in [1.54, 1.807) is 0 Å². The van der Waals surface area contributed by atoms with Gasteiger partial charge in [0.05, 0.1) is 11.0 Å². The maximum atomic E-state index is 4.78. The molecule has 4 rings (SSSR count). The van der Waals surface area contributed by atoms with E-state index in [4.69, 9.17) is 9.98 Å². The van der Waals surface area contributed by atoms with E-state index in [9.17, 15) is 0 Å². The van der Waals surface area contributed by atoms with Crippen molar-refractivity contribution in [3.63, 3.8) is 0 Å². The Kier molecular flexibility index (Phi) is 5.57. The average molecular weight is 394 g/mol. The van der Waals surface area contributed by atoms with Crippen LogP contribution in [0.25, 0.3) is 11.0 Å². The number of aromatic nitrogens is 2. The Bertz CT molecular complexity index is 959. The second kappa shape index (κ2) is 8.27. The molecule has 3 aromatic rings. The van der Waals surface area contributed by atoms with Gasteiger partial charge >= 0.3 is 0 Å². The van der Waals surface area contributed by atoms with Crippen molar-refractivity contribution < 1.29 is 0 Å². The molecule has 0 spiro atoms. The van der Waals surface area contributed by atoms with E-state index in [2.05, 4.69) is 65.6 Å². The molecule has 5 nitrogen and oxygen atoms in total. The van der Waals surface area contributed by atoms with E-state index in [-0.39, 0.29) is 4.75 Å². The second-order valence-electron chi connectivity index (χ2n) is 7.22. The van der Waals surface area contributed by atoms with Crippen LogP contribution in [0.3, 0.4) is 0 Å². The molecular weight excluding hydrogens is 366 g/mol. The fourth-order valence-electron chi connectivity index (χ4n) is 3.27. The van der Waals surface area contributed by atoms with E-state index in [0.717, 1.165) is 35.9 Å². The molecular formula is C22H27N5S. The van der Waals surface area contributed by atoms with Gasteiger partial charge in [0.25, 0.3) is 0 Å². The molecule has 1 heterocycles. The third kappa shape index (κ3) is 4.33. The molecule has 0 radical (unpaired) electrons. The summed E-state index contributed by atoms with van der Waals surface area (Å²) in [6.45, 7) is 4.41. The Labute approximate surface area is 170 Å². The number of imidazole rings is 1. The lowest BCUT2D eigenvalue weighted by Gasteiger charge is -2.18. The molecule has 0 saturated heterocycles. The second-order valence-corrected chi connectivity index (χ2v) is 8.76. The highest BCUT2D eigenvalue weighted by atomic mass is 32.2. The number of guanidine groups is 1. The molecule has 1 aromatic heterocycles. The zero-order valence-electron chi connectivity index (χ0n) is 16.5. The molecule has 1 aliphatic carbocycles. The lowest BCUT2D eigenvalue weighted by atomic mass is 10.3. The summed E-state index contributed by atoms with van der Waals surface area (Å²) in [5, 5.41) is 6.91. The molecule has 1 fully saturated rings. The van der Waals surface area contributed by atoms with Crippen LogP contribution in [0.4, 0.5) is 0 Å². The third-order valence-corrected chi connectivity index (χ3v) is 6.56. The fraction of sp³-hybridized carbons (Fsp3) is 0.364. The van der Waals surface area contributed by atoms with Crippen molar-refractivity contribution in [3.8, 4) is 0 Å². The molecule has 1 saturated carbocycles. The summed E-state index contributed by atoms with van der Waals surface area (Å²) in [6, 6.07) is 18.9. The van der Waals surface area contributed by atoms with Gasteiger partial charge in [-0.3, -0.25) is 0 Å². The first-order valence-corrected chi connectivity index (χ1v) is 10.7. The van der Waals surface area contributed by atoms with Gasteiger partial charge < -0.3 is 15.2 Å². The minimum Gasteiger partial charge on any atom is -0.357 e. The number of hydrogen-bond acceptors (Lipinski definition) is 3. The first kappa shape index (κ1) is 18.9. The lowest BCUT2D eigenvalue weighted by Crippen LogP contribution is -2.41. The van der Waals surface area contributed by atoms with Gasteiger partial charge in [0.1, 0.15) is 12.4 Å². The molecule has 0 amide bonds. The smallest absolute Gasteiger partial charge is 0.191 e. The molecule has 2 aromatic carbocycles. The summed E-state index contributed by atoms with van der Waals surface area (Å²) in [4.78, 5) is 10.8. The quantitative estimate of drug-likeness (QED) is 0.471. The molecule has 2 N–H and O–H groups in total. The minimum absolute atomic E-state index is 0.287. The van der Waals surface area contributed by atoms with E-state index >= 15 is 0 Å². The predicted molar refractivity (Wildman–Crippen MR) is 118 cm³/mol. The number of benzene rings is 2. The maximum Gasteiger partial charge on any atom is 0.191 e. The van der Waals surface area contributed by atoms with Crippen LogP contribution in [-0.2, 0) is 13.6 Å². The van der Waals surface area contributed by atoms with Gasteiger partial charge in [0.15, 0.2) is 5.96 Å². The Morgan fingerprint density at radius 1 is 1.11 bits per heavy atom. The first-order valence-electron chi connectivity index (χ1n) is 9.86. The van der Waals surface area contributed by atoms with E-state index < -0.39 is 0 Å². The summed E-state index contributed by atoms with van der Waals surface area (Å²) in [5.41, 5.74) is 2.16. The highest BCUT2D eigenvalue weighted by Crippen LogP contribution is 2.51. The van der Waals surface area contributed by atoms with Gasteiger partial charge in [-0.2, -0.15) is 0 Å². The van der Waals surface area contributed by atoms with Gasteiger partial charge in [-0.1, -0.05) is 30.3 Å². The van der Waals surface area contributed by atoms with E-state index in [0.29, 0.717) is 6.54 Å². The van der Waals surface area contributed by atoms with Crippen LogP contribution in [-0.4, -0.2) is 33.3 Å². The average Bonchev–Trinajstić information content (AvgIpc) is 3.41. The maximum absolute atomic E-state index is 4.78. The predicted octanol–water partition coefficient (Wildman–Crippen LogP) is 3.95. The van der Waals surface area contributed by atoms with Crippen LogP contribution in [0.2, 0.25) is 0 Å². The summed E-state index contributed by atoms with van der Waals surface area (Å²) in [6.07, 6.45) is 2.48. The van der Waals surface area contributed by atoms with Crippen LogP contribution < -0.4 is 10.6 Å². The lowest BCUT2D eigenvalue weighted by molar-refractivity contribution is 0.754. The van der Waals surface area contributed by atoms with Gasteiger partial charge in [-0.15, -0.1) is 11.8 Å². The zero-order chi connectivity index (χ0) is 19.4. The summed E-state index contributed by atoms with van der Waals surface area (Å²) in [7, 11) is 2.05. The van der Waals surface area contributed by atoms with Gasteiger partial charge in [0, 0.05) is 29.8 Å². The third-order valence-electron chi connectivity index (χ3n) is 5.07. The molecule has 1 aliphatic rings. The number of para-hydroxylation sites is 2. The fourth-order valence-corrected chi connectivity index (χ4v) is 4.51. The SMILES string of the molecule is CCNC(=NCc1nc2ccccc2n1C)NCC1(Sc2ccccc2)CC1. The number of thioether (sulfide) groups is 1. The standard InChI is InChI=1S/C22H27N5S/c1-3-23-21(24-15-20-26-18-11-7-8-12-19(18)27(20)2)25-16-22(13-14-22)28-17-9-5-4-6-10-17/h4-12H,3,13-16H2,1-2H3,(H2,23,24,25). The number of rotatable bonds is 7. The Hall–Kier alpha value is -2.47. The molecule has 0 bridgehead atoms. The minimum atomic E-state index is 0.287. The van der Waals surface area contributed by atoms with Crippen molar-refractivity contribution in [2.75, 3.05) is 13.1 Å². The number of fused-ring (bicyclic) bond motifs is 1. The van der Waals surface area contributed by atoms with E-state index in [1.165, 1.54) is 17.7 Å². The van der Waals surface area contributed by atoms with Crippen LogP contribution >= 0.6 is 11.8 Å². The molecule has 146 valence electrons. The monoisotopic (exact) mass is 393 g/mol. The first-order chi connectivity index (χ1) is 13.7. The zero-order valence-corrected chi connectivity index (χ0v) is 17.3. The van der Waals surface area contributed by atoms with Crippen molar-refractivity contribution in [1.29, 1.82) is 0 Å². The molecule has 6 heteroatoms. The highest BCUT2D eigenvalue weighted by molar-refractivity contribution is 8.01. The van der Waals surface area contributed by atoms with Crippen molar-refractivity contribution in [2.45, 2.75) is 36.0 Å². The van der Waals surface area contributed by atoms with Gasteiger partial charge in [-0.25, -0.2) is 9.98 Å². The Morgan fingerprint density at radius 2 is 1.86 bits per heavy atom. The van der Waals surface area contributed by atoms with Crippen LogP contribution in [0.15, 0.2) is 64.5 Å². The normalized spacial score (nSPS) is 15.6. The van der Waals surface area contributed by atoms with Gasteiger partial charge in [-0.05, 0) is 44.0 Å². The van der Waals surface area contributed by atoms with Crippen molar-refractivity contribution in [2.24, 2.45) is 12.0 Å². The number of nitrogens with one attached hydrogen (secondary N) is 2.